The average Bonchev–Trinajstić information content (AvgIpc) is 2.99. The highest BCUT2D eigenvalue weighted by molar-refractivity contribution is 5.42. The number of anilines is 1. The van der Waals surface area contributed by atoms with E-state index in [2.05, 4.69) is 52.4 Å². The summed E-state index contributed by atoms with van der Waals surface area (Å²) in [5.74, 6) is 1.67. The van der Waals surface area contributed by atoms with E-state index in [4.69, 9.17) is 4.98 Å². The topological polar surface area (TPSA) is 46.8 Å². The van der Waals surface area contributed by atoms with Crippen LogP contribution in [-0.4, -0.2) is 32.8 Å². The molecule has 2 aromatic heterocycles. The van der Waals surface area contributed by atoms with Crippen LogP contribution < -0.4 is 4.90 Å². The maximum atomic E-state index is 4.81. The zero-order valence-corrected chi connectivity index (χ0v) is 15.0. The van der Waals surface area contributed by atoms with Crippen molar-refractivity contribution in [3.8, 4) is 5.82 Å². The van der Waals surface area contributed by atoms with Crippen LogP contribution in [0.1, 0.15) is 28.9 Å². The summed E-state index contributed by atoms with van der Waals surface area (Å²) in [7, 11) is 2.12. The number of rotatable bonds is 3. The molecule has 2 heterocycles. The molecule has 0 N–H and O–H groups in total. The first-order chi connectivity index (χ1) is 12.1. The van der Waals surface area contributed by atoms with Crippen LogP contribution in [0.15, 0.2) is 42.7 Å². The normalized spacial score (nSPS) is 16.5. The van der Waals surface area contributed by atoms with E-state index < -0.39 is 0 Å². The predicted octanol–water partition coefficient (Wildman–Crippen LogP) is 3.27. The first-order valence-electron chi connectivity index (χ1n) is 8.77. The van der Waals surface area contributed by atoms with E-state index >= 15 is 0 Å². The van der Waals surface area contributed by atoms with Crippen LogP contribution in [-0.2, 0) is 12.8 Å². The van der Waals surface area contributed by atoms with Crippen molar-refractivity contribution in [2.45, 2.75) is 39.2 Å². The van der Waals surface area contributed by atoms with Gasteiger partial charge in [-0.3, -0.25) is 4.98 Å². The third kappa shape index (κ3) is 3.02. The fraction of sp³-hybridized carbons (Fsp3) is 0.350. The minimum atomic E-state index is 0.444. The second-order valence-electron chi connectivity index (χ2n) is 6.85. The number of likely N-dealkylation sites (N-methyl/N-ethyl adjacent to an activating group) is 1. The summed E-state index contributed by atoms with van der Waals surface area (Å²) in [6.45, 7) is 4.03. The largest absolute Gasteiger partial charge is 0.355 e. The number of benzene rings is 1. The number of hydrogen-bond acceptors (Lipinski definition) is 4. The molecule has 0 aliphatic heterocycles. The Labute approximate surface area is 148 Å². The molecule has 0 radical (unpaired) electrons. The number of hydrogen-bond donors (Lipinski definition) is 0. The van der Waals surface area contributed by atoms with Crippen molar-refractivity contribution < 1.29 is 0 Å². The van der Waals surface area contributed by atoms with E-state index in [-0.39, 0.29) is 0 Å². The first-order valence-corrected chi connectivity index (χ1v) is 8.77. The molecule has 5 nitrogen and oxygen atoms in total. The molecule has 0 bridgehead atoms. The quantitative estimate of drug-likeness (QED) is 0.738. The zero-order valence-electron chi connectivity index (χ0n) is 15.0. The van der Waals surface area contributed by atoms with Gasteiger partial charge in [-0.15, -0.1) is 0 Å². The lowest BCUT2D eigenvalue weighted by molar-refractivity contribution is 0.543. The molecule has 25 heavy (non-hydrogen) atoms. The summed E-state index contributed by atoms with van der Waals surface area (Å²) in [6, 6.07) is 11.2. The second-order valence-corrected chi connectivity index (χ2v) is 6.85. The molecule has 5 heteroatoms. The molecule has 128 valence electrons. The van der Waals surface area contributed by atoms with Crippen molar-refractivity contribution >= 4 is 5.82 Å². The van der Waals surface area contributed by atoms with E-state index in [9.17, 15) is 0 Å². The van der Waals surface area contributed by atoms with Crippen LogP contribution in [0.5, 0.6) is 0 Å². The Kier molecular flexibility index (Phi) is 3.99. The molecule has 0 fully saturated rings. The van der Waals surface area contributed by atoms with Gasteiger partial charge in [0.1, 0.15) is 5.82 Å². The van der Waals surface area contributed by atoms with Gasteiger partial charge < -0.3 is 4.90 Å². The van der Waals surface area contributed by atoms with Gasteiger partial charge in [0.05, 0.1) is 18.1 Å². The lowest BCUT2D eigenvalue weighted by Gasteiger charge is -2.33. The van der Waals surface area contributed by atoms with Crippen molar-refractivity contribution in [1.82, 2.24) is 19.7 Å². The summed E-state index contributed by atoms with van der Waals surface area (Å²) in [6.07, 6.45) is 6.93. The summed E-state index contributed by atoms with van der Waals surface area (Å²) >= 11 is 0. The van der Waals surface area contributed by atoms with Crippen molar-refractivity contribution in [1.29, 1.82) is 0 Å². The molecule has 1 aliphatic carbocycles. The molecular weight excluding hydrogens is 310 g/mol. The number of aromatic nitrogens is 4. The molecule has 1 unspecified atom stereocenters. The predicted molar refractivity (Wildman–Crippen MR) is 99.3 cm³/mol. The maximum Gasteiger partial charge on any atom is 0.174 e. The van der Waals surface area contributed by atoms with E-state index in [0.717, 1.165) is 42.3 Å². The monoisotopic (exact) mass is 333 g/mol. The molecule has 0 spiro atoms. The van der Waals surface area contributed by atoms with Crippen LogP contribution in [0, 0.1) is 13.8 Å². The van der Waals surface area contributed by atoms with Crippen LogP contribution in [0.2, 0.25) is 0 Å². The molecule has 3 aromatic rings. The fourth-order valence-corrected chi connectivity index (χ4v) is 3.67. The zero-order chi connectivity index (χ0) is 17.4. The van der Waals surface area contributed by atoms with Gasteiger partial charge in [-0.05, 0) is 50.3 Å². The SMILES string of the molecule is Cc1cc(C)n(-c2cncc(N(C)C3CCc4ccccc4C3)n2)n1. The molecule has 4 rings (SSSR count). The van der Waals surface area contributed by atoms with Crippen molar-refractivity contribution in [2.75, 3.05) is 11.9 Å². The minimum absolute atomic E-state index is 0.444. The number of aryl methyl sites for hydroxylation is 3. The lowest BCUT2D eigenvalue weighted by Crippen LogP contribution is -2.37. The lowest BCUT2D eigenvalue weighted by atomic mass is 9.88. The summed E-state index contributed by atoms with van der Waals surface area (Å²) in [4.78, 5) is 11.5. The van der Waals surface area contributed by atoms with Crippen molar-refractivity contribution in [3.05, 3.63) is 65.2 Å². The Morgan fingerprint density at radius 1 is 1.12 bits per heavy atom. The molecule has 1 aromatic carbocycles. The van der Waals surface area contributed by atoms with Crippen molar-refractivity contribution in [3.63, 3.8) is 0 Å². The minimum Gasteiger partial charge on any atom is -0.355 e. The van der Waals surface area contributed by atoms with Crippen molar-refractivity contribution in [2.24, 2.45) is 0 Å². The Morgan fingerprint density at radius 3 is 2.68 bits per heavy atom. The van der Waals surface area contributed by atoms with E-state index in [1.807, 2.05) is 24.7 Å². The standard InChI is InChI=1S/C20H23N5/c1-14-10-15(2)25(23-14)20-13-21-12-19(22-20)24(3)18-9-8-16-6-4-5-7-17(16)11-18/h4-7,10,12-13,18H,8-9,11H2,1-3H3. The maximum absolute atomic E-state index is 4.81. The van der Waals surface area contributed by atoms with Crippen LogP contribution >= 0.6 is 0 Å². The Bertz CT molecular complexity index is 899. The van der Waals surface area contributed by atoms with Gasteiger partial charge in [0.2, 0.25) is 0 Å². The first kappa shape index (κ1) is 15.8. The van der Waals surface area contributed by atoms with Gasteiger partial charge in [-0.1, -0.05) is 24.3 Å². The summed E-state index contributed by atoms with van der Waals surface area (Å²) in [5.41, 5.74) is 4.99. The molecule has 0 amide bonds. The third-order valence-corrected chi connectivity index (χ3v) is 5.07. The Morgan fingerprint density at radius 2 is 1.92 bits per heavy atom. The Balaban J connectivity index is 1.60. The van der Waals surface area contributed by atoms with E-state index in [1.54, 1.807) is 6.20 Å². The molecular formula is C20H23N5. The molecule has 1 aliphatic rings. The van der Waals surface area contributed by atoms with Gasteiger partial charge in [0.25, 0.3) is 0 Å². The molecule has 1 atom stereocenters. The van der Waals surface area contributed by atoms with Gasteiger partial charge in [0, 0.05) is 18.8 Å². The van der Waals surface area contributed by atoms with Gasteiger partial charge in [0.15, 0.2) is 5.82 Å². The summed E-state index contributed by atoms with van der Waals surface area (Å²) < 4.78 is 1.86. The molecule has 0 saturated carbocycles. The Hall–Kier alpha value is -2.69. The van der Waals surface area contributed by atoms with E-state index in [0.29, 0.717) is 6.04 Å². The highest BCUT2D eigenvalue weighted by Gasteiger charge is 2.23. The van der Waals surface area contributed by atoms with Crippen LogP contribution in [0.3, 0.4) is 0 Å². The van der Waals surface area contributed by atoms with Gasteiger partial charge >= 0.3 is 0 Å². The van der Waals surface area contributed by atoms with E-state index in [1.165, 1.54) is 11.1 Å². The van der Waals surface area contributed by atoms with Crippen LogP contribution in [0.4, 0.5) is 5.82 Å². The highest BCUT2D eigenvalue weighted by atomic mass is 15.3. The average molecular weight is 333 g/mol. The number of fused-ring (bicyclic) bond motifs is 1. The third-order valence-electron chi connectivity index (χ3n) is 5.07. The second kappa shape index (κ2) is 6.31. The van der Waals surface area contributed by atoms with Crippen LogP contribution in [0.25, 0.3) is 5.82 Å². The number of nitrogens with zero attached hydrogens (tertiary/aromatic N) is 5. The fourth-order valence-electron chi connectivity index (χ4n) is 3.67. The molecule has 0 saturated heterocycles. The highest BCUT2D eigenvalue weighted by Crippen LogP contribution is 2.26. The van der Waals surface area contributed by atoms with Gasteiger partial charge in [-0.25, -0.2) is 9.67 Å². The smallest absolute Gasteiger partial charge is 0.174 e. The summed E-state index contributed by atoms with van der Waals surface area (Å²) in [5, 5.41) is 4.52. The van der Waals surface area contributed by atoms with Gasteiger partial charge in [-0.2, -0.15) is 5.10 Å².